The summed E-state index contributed by atoms with van der Waals surface area (Å²) in [5.41, 5.74) is 0. The van der Waals surface area contributed by atoms with E-state index in [1.54, 1.807) is 0 Å². The highest BCUT2D eigenvalue weighted by atomic mass is 127. The van der Waals surface area contributed by atoms with Crippen molar-refractivity contribution in [3.8, 4) is 0 Å². The Labute approximate surface area is 172 Å². The van der Waals surface area contributed by atoms with Crippen molar-refractivity contribution in [2.75, 3.05) is 5.75 Å². The fourth-order valence-electron chi connectivity index (χ4n) is 0.283. The van der Waals surface area contributed by atoms with Crippen LogP contribution in [0.3, 0.4) is 0 Å². The van der Waals surface area contributed by atoms with E-state index in [2.05, 4.69) is 155 Å². The lowest BCUT2D eigenvalue weighted by Gasteiger charge is -2.50. The van der Waals surface area contributed by atoms with Crippen LogP contribution in [0.4, 0.5) is 0 Å². The van der Waals surface area contributed by atoms with Gasteiger partial charge >= 0.3 is 0 Å². The molecule has 0 spiro atoms. The highest BCUT2D eigenvalue weighted by molar-refractivity contribution is 14.4. The highest BCUT2D eigenvalue weighted by Gasteiger charge is 2.46. The third-order valence-corrected chi connectivity index (χ3v) is 143. The number of rotatable bonds is 4. The molecule has 0 aliphatic carbocycles. The Bertz CT molecular complexity index is 161. The van der Waals surface area contributed by atoms with Gasteiger partial charge in [0.05, 0.1) is 0 Å². The quantitative estimate of drug-likeness (QED) is 0.200. The number of halogens is 7. The molecule has 0 bridgehead atoms. The van der Waals surface area contributed by atoms with Crippen molar-refractivity contribution in [1.29, 1.82) is 0 Å². The largest absolute Gasteiger partial charge is 0.0749 e. The van der Waals surface area contributed by atoms with Gasteiger partial charge in [-0.3, -0.25) is 0 Å². The van der Waals surface area contributed by atoms with E-state index in [1.165, 1.54) is 5.75 Å². The Kier molecular flexibility index (Phi) is 12.1. The summed E-state index contributed by atoms with van der Waals surface area (Å²) < 4.78 is -1.55. The van der Waals surface area contributed by atoms with Crippen LogP contribution in [-0.4, -0.2) is 5.75 Å². The van der Waals surface area contributed by atoms with E-state index < -0.39 is 8.27 Å². The van der Waals surface area contributed by atoms with Gasteiger partial charge in [-0.05, 0) is 55.2 Å². The standard InChI is InChI=1S/C2H5I7S4/c1-2-11(4,5)13(8,9)12(6,7)10-3/h2H2,1H3. The van der Waals surface area contributed by atoms with Crippen molar-refractivity contribution in [3.05, 3.63) is 0 Å². The van der Waals surface area contributed by atoms with Crippen molar-refractivity contribution >= 4 is 165 Å². The molecule has 0 fully saturated rings. The topological polar surface area (TPSA) is 0 Å². The van der Waals surface area contributed by atoms with Gasteiger partial charge < -0.3 is 0 Å². The Morgan fingerprint density at radius 2 is 1.38 bits per heavy atom. The zero-order valence-corrected chi connectivity index (χ0v) is 24.4. The fourth-order valence-corrected chi connectivity index (χ4v) is 103. The van der Waals surface area contributed by atoms with E-state index in [0.717, 1.165) is 0 Å². The van der Waals surface area contributed by atoms with Crippen molar-refractivity contribution < 1.29 is 0 Å². The third-order valence-electron chi connectivity index (χ3n) is 0.919. The molecule has 0 aliphatic rings. The van der Waals surface area contributed by atoms with Gasteiger partial charge in [0, 0.05) is 112 Å². The summed E-state index contributed by atoms with van der Waals surface area (Å²) in [6.07, 6.45) is 0. The predicted octanol–water partition coefficient (Wildman–Crippen LogP) is 9.35. The Hall–Kier alpha value is 6.51. The van der Waals surface area contributed by atoms with Gasteiger partial charge in [-0.2, -0.15) is 0 Å². The second kappa shape index (κ2) is 8.08. The third kappa shape index (κ3) is 5.42. The molecule has 0 saturated heterocycles. The summed E-state index contributed by atoms with van der Waals surface area (Å²) in [7, 11) is 2.04. The van der Waals surface area contributed by atoms with E-state index in [0.29, 0.717) is 0 Å². The van der Waals surface area contributed by atoms with Gasteiger partial charge in [0.25, 0.3) is 0 Å². The molecule has 0 aromatic rings. The molecule has 0 heterocycles. The zero-order valence-electron chi connectivity index (χ0n) is 5.99. The predicted molar refractivity (Wildman–Crippen MR) is 139 cm³/mol. The lowest BCUT2D eigenvalue weighted by Crippen LogP contribution is -1.87. The van der Waals surface area contributed by atoms with E-state index in [9.17, 15) is 0 Å². The van der Waals surface area contributed by atoms with Crippen molar-refractivity contribution in [3.63, 3.8) is 0 Å². The Morgan fingerprint density at radius 1 is 1.00 bits per heavy atom. The smallest absolute Gasteiger partial charge is 0.00926 e. The lowest BCUT2D eigenvalue weighted by molar-refractivity contribution is 1.54. The van der Waals surface area contributed by atoms with Crippen LogP contribution in [-0.2, 0) is 0 Å². The van der Waals surface area contributed by atoms with E-state index in [1.807, 2.05) is 7.97 Å². The van der Waals surface area contributed by atoms with Crippen LogP contribution in [0, 0.1) is 0 Å². The normalized spacial score (nSPS) is 18.5. The maximum Gasteiger partial charge on any atom is 0.00926 e. The van der Waals surface area contributed by atoms with Gasteiger partial charge in [-0.25, -0.2) is 0 Å². The molecule has 86 valence electrons. The minimum absolute atomic E-state index is 0.474. The first kappa shape index (κ1) is 19.5. The first-order valence-corrected chi connectivity index (χ1v) is 27.8. The minimum Gasteiger partial charge on any atom is -0.0749 e. The van der Waals surface area contributed by atoms with Crippen LogP contribution in [0.1, 0.15) is 6.92 Å². The maximum atomic E-state index is 2.75. The maximum absolute atomic E-state index is 2.75. The molecule has 0 aliphatic heterocycles. The number of hydrogen-bond acceptors (Lipinski definition) is 1. The van der Waals surface area contributed by atoms with Crippen molar-refractivity contribution in [2.45, 2.75) is 6.92 Å². The summed E-state index contributed by atoms with van der Waals surface area (Å²) in [6, 6.07) is 0. The average Bonchev–Trinajstić information content (AvgIpc) is 2.03. The monoisotopic (exact) mass is 1050 g/mol. The molecule has 0 amide bonds. The lowest BCUT2D eigenvalue weighted by atomic mass is 11.0. The molecule has 13 heavy (non-hydrogen) atoms. The average molecular weight is 1050 g/mol. The van der Waals surface area contributed by atoms with E-state index in [-0.39, 0.29) is 0 Å². The second-order valence-electron chi connectivity index (χ2n) is 1.63. The van der Waals surface area contributed by atoms with Gasteiger partial charge in [-0.15, -0.1) is 0 Å². The molecule has 0 aromatic carbocycles. The molecule has 0 radical (unpaired) electrons. The minimum atomic E-state index is -0.545. The molecule has 0 rings (SSSR count). The zero-order chi connectivity index (χ0) is 10.9. The molecule has 0 unspecified atom stereocenters. The first-order chi connectivity index (χ1) is 5.62. The molecule has 0 aromatic heterocycles. The summed E-state index contributed by atoms with van der Waals surface area (Å²) in [6.45, 7) is 2.33. The number of hydrogen-bond donors (Lipinski definition) is 0. The molecule has 0 N–H and O–H groups in total. The molecule has 0 nitrogen and oxygen atoms in total. The van der Waals surface area contributed by atoms with Crippen LogP contribution in [0.25, 0.3) is 0 Å². The van der Waals surface area contributed by atoms with Crippen LogP contribution in [0.2, 0.25) is 0 Å². The highest BCUT2D eigenvalue weighted by Crippen LogP contribution is 3.17. The summed E-state index contributed by atoms with van der Waals surface area (Å²) in [4.78, 5) is 0. The molecule has 0 atom stereocenters. The fraction of sp³-hybridized carbons (Fsp3) is 1.00. The Balaban J connectivity index is 4.95. The van der Waals surface area contributed by atoms with Crippen molar-refractivity contribution in [2.24, 2.45) is 0 Å². The summed E-state index contributed by atoms with van der Waals surface area (Å²) in [5, 5.41) is 0. The van der Waals surface area contributed by atoms with E-state index >= 15 is 0 Å². The van der Waals surface area contributed by atoms with Crippen molar-refractivity contribution in [1.82, 2.24) is 0 Å². The van der Waals surface area contributed by atoms with Gasteiger partial charge in [0.1, 0.15) is 0 Å². The van der Waals surface area contributed by atoms with Gasteiger partial charge in [0.2, 0.25) is 0 Å². The molecular formula is C2H5I7S4. The summed E-state index contributed by atoms with van der Waals surface area (Å²) >= 11 is 18.8. The van der Waals surface area contributed by atoms with Crippen LogP contribution < -0.4 is 0 Å². The van der Waals surface area contributed by atoms with Gasteiger partial charge in [0.15, 0.2) is 0 Å². The SMILES string of the molecule is CCS(I)(I)S(I)(I)S(I)(I)SI. The second-order valence-corrected chi connectivity index (χ2v) is 75.4. The van der Waals surface area contributed by atoms with Crippen LogP contribution in [0.15, 0.2) is 0 Å². The summed E-state index contributed by atoms with van der Waals surface area (Å²) in [5.74, 6) is 1.33. The van der Waals surface area contributed by atoms with Crippen LogP contribution >= 0.6 is 165 Å². The molecular weight excluding hydrogens is 1040 g/mol. The molecule has 11 heteroatoms. The Morgan fingerprint density at radius 3 is 1.62 bits per heavy atom. The molecule has 0 saturated carbocycles. The van der Waals surface area contributed by atoms with E-state index in [4.69, 9.17) is 0 Å². The van der Waals surface area contributed by atoms with Gasteiger partial charge in [-0.1, -0.05) is 10.3 Å². The van der Waals surface area contributed by atoms with Crippen LogP contribution in [0.5, 0.6) is 0 Å². The first-order valence-electron chi connectivity index (χ1n) is 2.58.